The Hall–Kier alpha value is -3.24. The fraction of sp³-hybridized carbons (Fsp3) is 0.391. The number of ether oxygens (including phenoxy) is 1. The Balaban J connectivity index is 1.57. The van der Waals surface area contributed by atoms with Crippen LogP contribution in [0.2, 0.25) is 0 Å². The number of rotatable bonds is 6. The second-order valence-corrected chi connectivity index (χ2v) is 9.66. The molecule has 1 aliphatic heterocycles. The van der Waals surface area contributed by atoms with Gasteiger partial charge in [-0.1, -0.05) is 0 Å². The van der Waals surface area contributed by atoms with Crippen LogP contribution in [0, 0.1) is 6.92 Å². The van der Waals surface area contributed by atoms with Crippen molar-refractivity contribution in [3.05, 3.63) is 53.2 Å². The van der Waals surface area contributed by atoms with Crippen LogP contribution in [0.3, 0.4) is 0 Å². The molecular weight excluding hydrogens is 438 g/mol. The van der Waals surface area contributed by atoms with E-state index in [1.165, 1.54) is 11.2 Å². The maximum atomic E-state index is 13.3. The van der Waals surface area contributed by atoms with E-state index in [4.69, 9.17) is 9.72 Å². The van der Waals surface area contributed by atoms with Gasteiger partial charge < -0.3 is 15.0 Å². The van der Waals surface area contributed by atoms with Crippen molar-refractivity contribution in [1.29, 1.82) is 0 Å². The number of amides is 1. The van der Waals surface area contributed by atoms with Crippen LogP contribution < -0.4 is 10.2 Å². The summed E-state index contributed by atoms with van der Waals surface area (Å²) in [5.41, 5.74) is 3.32. The highest BCUT2D eigenvalue weighted by molar-refractivity contribution is 7.15. The maximum Gasteiger partial charge on any atom is 0.253 e. The number of aryl methyl sites for hydroxylation is 1. The van der Waals surface area contributed by atoms with E-state index in [2.05, 4.69) is 44.5 Å². The number of hydrogen-bond donors (Lipinski definition) is 2. The third kappa shape index (κ3) is 4.23. The number of thiophene rings is 1. The van der Waals surface area contributed by atoms with Gasteiger partial charge in [-0.2, -0.15) is 5.10 Å². The predicted octanol–water partition coefficient (Wildman–Crippen LogP) is 3.60. The molecule has 1 saturated heterocycles. The molecule has 9 nitrogen and oxygen atoms in total. The second-order valence-electron chi connectivity index (χ2n) is 8.37. The maximum absolute atomic E-state index is 13.3. The molecule has 1 unspecified atom stereocenters. The van der Waals surface area contributed by atoms with E-state index < -0.39 is 0 Å². The van der Waals surface area contributed by atoms with Gasteiger partial charge in [-0.25, -0.2) is 9.97 Å². The number of H-pyrrole nitrogens is 1. The lowest BCUT2D eigenvalue weighted by atomic mass is 10.1. The fourth-order valence-corrected chi connectivity index (χ4v) is 5.18. The minimum absolute atomic E-state index is 0.164. The third-order valence-corrected chi connectivity index (χ3v) is 7.11. The molecule has 4 aromatic rings. The van der Waals surface area contributed by atoms with Gasteiger partial charge in [0.2, 0.25) is 0 Å². The first-order chi connectivity index (χ1) is 16.0. The van der Waals surface area contributed by atoms with Gasteiger partial charge in [0.05, 0.1) is 40.2 Å². The number of aromatic nitrogens is 5. The minimum Gasteiger partial charge on any atom is -0.380 e. The third-order valence-electron chi connectivity index (χ3n) is 6.08. The Kier molecular flexibility index (Phi) is 5.86. The molecule has 0 spiro atoms. The van der Waals surface area contributed by atoms with Gasteiger partial charge in [-0.15, -0.1) is 11.3 Å². The van der Waals surface area contributed by atoms with Crippen molar-refractivity contribution < 1.29 is 9.53 Å². The largest absolute Gasteiger partial charge is 0.380 e. The zero-order valence-corrected chi connectivity index (χ0v) is 19.7. The van der Waals surface area contributed by atoms with Crippen molar-refractivity contribution in [1.82, 2.24) is 29.9 Å². The van der Waals surface area contributed by atoms with Gasteiger partial charge in [-0.3, -0.25) is 14.3 Å². The molecule has 1 amide bonds. The standard InChI is InChI=1S/C23H27N7O2S/c1-14-6-7-20(33-14)19-10-24-22-18(29-8-4-5-17(12-29)32-3)9-16(11-30(19)22)23(31)27-15(2)21-25-13-26-28-21/h6-7,9-11,13,15,17H,4-5,8,12H2,1-3H3,(H,27,31)(H,25,26,28)/t15-,17?/m0/s1. The van der Waals surface area contributed by atoms with E-state index in [0.717, 1.165) is 47.8 Å². The van der Waals surface area contributed by atoms with Gasteiger partial charge in [-0.05, 0) is 44.9 Å². The number of pyridine rings is 1. The van der Waals surface area contributed by atoms with E-state index in [1.807, 2.05) is 29.8 Å². The number of hydrogen-bond acceptors (Lipinski definition) is 7. The summed E-state index contributed by atoms with van der Waals surface area (Å²) in [7, 11) is 1.76. The minimum atomic E-state index is -0.297. The fourth-order valence-electron chi connectivity index (χ4n) is 4.30. The van der Waals surface area contributed by atoms with Gasteiger partial charge in [0.1, 0.15) is 12.2 Å². The van der Waals surface area contributed by atoms with E-state index in [-0.39, 0.29) is 18.1 Å². The molecule has 0 saturated carbocycles. The Bertz CT molecular complexity index is 1260. The smallest absolute Gasteiger partial charge is 0.253 e. The first kappa shape index (κ1) is 21.6. The molecule has 0 radical (unpaired) electrons. The van der Waals surface area contributed by atoms with Crippen molar-refractivity contribution in [2.75, 3.05) is 25.1 Å². The van der Waals surface area contributed by atoms with E-state index in [9.17, 15) is 4.79 Å². The van der Waals surface area contributed by atoms with Crippen molar-refractivity contribution in [3.8, 4) is 10.6 Å². The molecule has 2 N–H and O–H groups in total. The second kappa shape index (κ2) is 8.95. The molecule has 10 heteroatoms. The Morgan fingerprint density at radius 3 is 2.97 bits per heavy atom. The van der Waals surface area contributed by atoms with Gasteiger partial charge >= 0.3 is 0 Å². The van der Waals surface area contributed by atoms with Gasteiger partial charge in [0.15, 0.2) is 5.65 Å². The van der Waals surface area contributed by atoms with Crippen molar-refractivity contribution in [3.63, 3.8) is 0 Å². The first-order valence-electron chi connectivity index (χ1n) is 11.0. The lowest BCUT2D eigenvalue weighted by Crippen LogP contribution is -2.39. The normalized spacial score (nSPS) is 17.4. The number of imidazole rings is 1. The number of carbonyl (C=O) groups excluding carboxylic acids is 1. The van der Waals surface area contributed by atoms with Crippen LogP contribution in [-0.2, 0) is 4.74 Å². The molecular formula is C23H27N7O2S. The summed E-state index contributed by atoms with van der Waals surface area (Å²) in [6, 6.07) is 5.84. The Labute approximate surface area is 195 Å². The molecule has 5 rings (SSSR count). The zero-order valence-electron chi connectivity index (χ0n) is 18.9. The topological polar surface area (TPSA) is 100 Å². The highest BCUT2D eigenvalue weighted by Crippen LogP contribution is 2.33. The monoisotopic (exact) mass is 465 g/mol. The summed E-state index contributed by atoms with van der Waals surface area (Å²) in [6.07, 6.45) is 7.42. The summed E-state index contributed by atoms with van der Waals surface area (Å²) < 4.78 is 7.67. The molecule has 2 atom stereocenters. The van der Waals surface area contributed by atoms with Crippen LogP contribution in [0.4, 0.5) is 5.69 Å². The van der Waals surface area contributed by atoms with Crippen LogP contribution in [0.25, 0.3) is 16.2 Å². The van der Waals surface area contributed by atoms with E-state index in [1.54, 1.807) is 18.4 Å². The average Bonchev–Trinajstić information content (AvgIpc) is 3.59. The molecule has 0 aromatic carbocycles. The van der Waals surface area contributed by atoms with Crippen LogP contribution >= 0.6 is 11.3 Å². The van der Waals surface area contributed by atoms with E-state index in [0.29, 0.717) is 11.4 Å². The summed E-state index contributed by atoms with van der Waals surface area (Å²) in [6.45, 7) is 5.63. The number of aromatic amines is 1. The number of fused-ring (bicyclic) bond motifs is 1. The number of anilines is 1. The van der Waals surface area contributed by atoms with Crippen LogP contribution in [0.1, 0.15) is 46.9 Å². The summed E-state index contributed by atoms with van der Waals surface area (Å²) in [5.74, 6) is 0.436. The van der Waals surface area contributed by atoms with Crippen molar-refractivity contribution in [2.45, 2.75) is 38.8 Å². The molecule has 0 bridgehead atoms. The van der Waals surface area contributed by atoms with Crippen LogP contribution in [0.5, 0.6) is 0 Å². The molecule has 4 aromatic heterocycles. The van der Waals surface area contributed by atoms with Crippen molar-refractivity contribution >= 4 is 28.6 Å². The number of nitrogens with zero attached hydrogens (tertiary/aromatic N) is 5. The highest BCUT2D eigenvalue weighted by Gasteiger charge is 2.25. The predicted molar refractivity (Wildman–Crippen MR) is 128 cm³/mol. The Morgan fingerprint density at radius 2 is 2.24 bits per heavy atom. The summed E-state index contributed by atoms with van der Waals surface area (Å²) in [4.78, 5) is 26.8. The molecule has 172 valence electrons. The molecule has 1 fully saturated rings. The number of piperidine rings is 1. The lowest BCUT2D eigenvalue weighted by Gasteiger charge is -2.34. The number of methoxy groups -OCH3 is 1. The number of nitrogens with one attached hydrogen (secondary N) is 2. The summed E-state index contributed by atoms with van der Waals surface area (Å²) in [5, 5.41) is 9.71. The lowest BCUT2D eigenvalue weighted by molar-refractivity contribution is 0.0894. The summed E-state index contributed by atoms with van der Waals surface area (Å²) >= 11 is 1.71. The SMILES string of the molecule is COC1CCCN(c2cc(C(=O)N[C@@H](C)c3ncn[nH]3)cn3c(-c4ccc(C)s4)cnc23)C1. The first-order valence-corrected chi connectivity index (χ1v) is 11.9. The average molecular weight is 466 g/mol. The van der Waals surface area contributed by atoms with Crippen molar-refractivity contribution in [2.24, 2.45) is 0 Å². The van der Waals surface area contributed by atoms with E-state index >= 15 is 0 Å². The van der Waals surface area contributed by atoms with Gasteiger partial charge in [0, 0.05) is 31.3 Å². The molecule has 1 aliphatic rings. The van der Waals surface area contributed by atoms with Gasteiger partial charge in [0.25, 0.3) is 5.91 Å². The number of carbonyl (C=O) groups is 1. The Morgan fingerprint density at radius 1 is 1.36 bits per heavy atom. The quantitative estimate of drug-likeness (QED) is 0.451. The molecule has 0 aliphatic carbocycles. The highest BCUT2D eigenvalue weighted by atomic mass is 32.1. The van der Waals surface area contributed by atoms with Crippen LogP contribution in [-0.4, -0.2) is 56.8 Å². The zero-order chi connectivity index (χ0) is 22.9. The van der Waals surface area contributed by atoms with Crippen LogP contribution in [0.15, 0.2) is 36.9 Å². The molecule has 33 heavy (non-hydrogen) atoms. The molecule has 5 heterocycles.